The molecule has 0 saturated heterocycles. The number of rotatable bonds is 3. The monoisotopic (exact) mass is 227 g/mol. The third-order valence-corrected chi connectivity index (χ3v) is 2.65. The number of nitrogens with two attached hydrogens (primary N) is 3. The molecule has 0 fully saturated rings. The zero-order chi connectivity index (χ0) is 12.1. The highest BCUT2D eigenvalue weighted by Gasteiger charge is 2.17. The van der Waals surface area contributed by atoms with Crippen molar-refractivity contribution in [3.63, 3.8) is 0 Å². The predicted molar refractivity (Wildman–Crippen MR) is 67.8 cm³/mol. The maximum absolute atomic E-state index is 6.08. The molecule has 1 atom stereocenters. The third-order valence-electron chi connectivity index (χ3n) is 2.65. The van der Waals surface area contributed by atoms with Gasteiger partial charge >= 0.3 is 5.84 Å². The Hall–Kier alpha value is -1.97. The summed E-state index contributed by atoms with van der Waals surface area (Å²) < 4.78 is 0. The molecular weight excluding hydrogens is 210 g/mol. The Kier molecular flexibility index (Phi) is 3.65. The summed E-state index contributed by atoms with van der Waals surface area (Å²) in [5.41, 5.74) is 8.14. The highest BCUT2D eigenvalue weighted by molar-refractivity contribution is 5.86. The maximum Gasteiger partial charge on any atom is 0.365 e. The second-order valence-corrected chi connectivity index (χ2v) is 3.92. The van der Waals surface area contributed by atoms with Crippen LogP contribution < -0.4 is 16.5 Å². The fourth-order valence-corrected chi connectivity index (χ4v) is 1.69. The Morgan fingerprint density at radius 1 is 0.941 bits per heavy atom. The van der Waals surface area contributed by atoms with E-state index in [0.29, 0.717) is 5.84 Å². The van der Waals surface area contributed by atoms with Gasteiger partial charge in [-0.05, 0) is 12.1 Å². The lowest BCUT2D eigenvalue weighted by molar-refractivity contribution is -0.608. The quantitative estimate of drug-likeness (QED) is 0.366. The SMILES string of the molecule is NC([NH2+]C(=[NH2+])c1ccccc1)c1ccccc1. The molecule has 0 aromatic heterocycles. The summed E-state index contributed by atoms with van der Waals surface area (Å²) in [6.07, 6.45) is -0.170. The molecule has 0 saturated carbocycles. The van der Waals surface area contributed by atoms with Gasteiger partial charge < -0.3 is 0 Å². The second-order valence-electron chi connectivity index (χ2n) is 3.92. The third kappa shape index (κ3) is 3.00. The van der Waals surface area contributed by atoms with Crippen LogP contribution in [-0.4, -0.2) is 5.84 Å². The minimum Gasteiger partial charge on any atom is -0.277 e. The Balaban J connectivity index is 2.05. The molecule has 0 aliphatic carbocycles. The van der Waals surface area contributed by atoms with E-state index >= 15 is 0 Å². The van der Waals surface area contributed by atoms with Crippen molar-refractivity contribution in [3.05, 3.63) is 71.8 Å². The molecular formula is C14H17N3+2. The maximum atomic E-state index is 6.08. The largest absolute Gasteiger partial charge is 0.365 e. The van der Waals surface area contributed by atoms with Gasteiger partial charge in [0.25, 0.3) is 0 Å². The van der Waals surface area contributed by atoms with Crippen LogP contribution in [0.15, 0.2) is 60.7 Å². The van der Waals surface area contributed by atoms with Gasteiger partial charge in [-0.1, -0.05) is 48.5 Å². The fraction of sp³-hybridized carbons (Fsp3) is 0.0714. The van der Waals surface area contributed by atoms with Gasteiger partial charge in [-0.3, -0.25) is 5.73 Å². The van der Waals surface area contributed by atoms with Crippen LogP contribution in [0.3, 0.4) is 0 Å². The topological polar surface area (TPSA) is 68.2 Å². The van der Waals surface area contributed by atoms with E-state index in [0.717, 1.165) is 11.1 Å². The van der Waals surface area contributed by atoms with Crippen LogP contribution in [-0.2, 0) is 0 Å². The van der Waals surface area contributed by atoms with E-state index in [2.05, 4.69) is 0 Å². The molecule has 0 heterocycles. The molecule has 2 aromatic rings. The highest BCUT2D eigenvalue weighted by Crippen LogP contribution is 2.02. The smallest absolute Gasteiger partial charge is 0.277 e. The minimum absolute atomic E-state index is 0.170. The number of amidine groups is 1. The number of hydrogen-bond donors (Lipinski definition) is 3. The molecule has 0 aliphatic rings. The van der Waals surface area contributed by atoms with E-state index in [1.54, 1.807) is 0 Å². The molecule has 0 radical (unpaired) electrons. The van der Waals surface area contributed by atoms with Crippen LogP contribution in [0, 0.1) is 0 Å². The van der Waals surface area contributed by atoms with Crippen molar-refractivity contribution < 1.29 is 10.7 Å². The van der Waals surface area contributed by atoms with Crippen LogP contribution in [0.2, 0.25) is 0 Å². The lowest BCUT2D eigenvalue weighted by Gasteiger charge is -2.08. The summed E-state index contributed by atoms with van der Waals surface area (Å²) in [5.74, 6) is 0.710. The van der Waals surface area contributed by atoms with Crippen LogP contribution in [0.1, 0.15) is 17.3 Å². The van der Waals surface area contributed by atoms with Gasteiger partial charge in [-0.2, -0.15) is 0 Å². The molecule has 3 heteroatoms. The first-order chi connectivity index (χ1) is 8.27. The average Bonchev–Trinajstić information content (AvgIpc) is 2.40. The van der Waals surface area contributed by atoms with Crippen molar-refractivity contribution >= 4 is 5.84 Å². The molecule has 0 aliphatic heterocycles. The van der Waals surface area contributed by atoms with Crippen molar-refractivity contribution in [3.8, 4) is 0 Å². The van der Waals surface area contributed by atoms with Crippen LogP contribution in [0.25, 0.3) is 0 Å². The number of benzene rings is 2. The van der Waals surface area contributed by atoms with Crippen molar-refractivity contribution in [1.82, 2.24) is 0 Å². The van der Waals surface area contributed by atoms with Crippen LogP contribution in [0.5, 0.6) is 0 Å². The van der Waals surface area contributed by atoms with Crippen molar-refractivity contribution in [1.29, 1.82) is 0 Å². The zero-order valence-electron chi connectivity index (χ0n) is 9.58. The molecule has 0 amide bonds. The van der Waals surface area contributed by atoms with Crippen molar-refractivity contribution in [2.24, 2.45) is 5.73 Å². The Morgan fingerprint density at radius 2 is 1.47 bits per heavy atom. The van der Waals surface area contributed by atoms with Gasteiger partial charge in [-0.15, -0.1) is 0 Å². The van der Waals surface area contributed by atoms with Gasteiger partial charge in [0, 0.05) is 5.56 Å². The number of quaternary nitrogens is 1. The van der Waals surface area contributed by atoms with Crippen molar-refractivity contribution in [2.45, 2.75) is 6.17 Å². The summed E-state index contributed by atoms with van der Waals surface area (Å²) in [6.45, 7) is 0. The van der Waals surface area contributed by atoms with Crippen molar-refractivity contribution in [2.75, 3.05) is 0 Å². The molecule has 2 aromatic carbocycles. The molecule has 86 valence electrons. The first-order valence-electron chi connectivity index (χ1n) is 5.60. The zero-order valence-corrected chi connectivity index (χ0v) is 9.58. The molecule has 0 spiro atoms. The van der Waals surface area contributed by atoms with Crippen LogP contribution >= 0.6 is 0 Å². The van der Waals surface area contributed by atoms with Gasteiger partial charge in [0.05, 0.1) is 0 Å². The molecule has 17 heavy (non-hydrogen) atoms. The summed E-state index contributed by atoms with van der Waals surface area (Å²) in [6, 6.07) is 19.8. The van der Waals surface area contributed by atoms with E-state index in [1.165, 1.54) is 0 Å². The standard InChI is InChI=1S/C14H15N3/c15-13(11-7-3-1-4-8-11)17-14(16)12-9-5-2-6-10-12/h1-10,13H,15H2,(H2,16,17)/p+2. The first kappa shape index (κ1) is 11.5. The highest BCUT2D eigenvalue weighted by atomic mass is 15.1. The van der Waals surface area contributed by atoms with Gasteiger partial charge in [0.2, 0.25) is 0 Å². The summed E-state index contributed by atoms with van der Waals surface area (Å²) in [7, 11) is 0. The number of hydrogen-bond acceptors (Lipinski definition) is 1. The minimum atomic E-state index is -0.170. The normalized spacial score (nSPS) is 12.1. The summed E-state index contributed by atoms with van der Waals surface area (Å²) in [4.78, 5) is 0. The fourth-order valence-electron chi connectivity index (χ4n) is 1.69. The van der Waals surface area contributed by atoms with E-state index in [1.807, 2.05) is 66.0 Å². The van der Waals surface area contributed by atoms with Gasteiger partial charge in [0.1, 0.15) is 5.56 Å². The summed E-state index contributed by atoms with van der Waals surface area (Å²) >= 11 is 0. The molecule has 2 rings (SSSR count). The average molecular weight is 227 g/mol. The lowest BCUT2D eigenvalue weighted by atomic mass is 10.1. The Labute approximate surface area is 101 Å². The first-order valence-corrected chi connectivity index (χ1v) is 5.60. The lowest BCUT2D eigenvalue weighted by Crippen LogP contribution is -2.96. The van der Waals surface area contributed by atoms with E-state index in [-0.39, 0.29) is 6.17 Å². The molecule has 6 N–H and O–H groups in total. The van der Waals surface area contributed by atoms with Crippen LogP contribution in [0.4, 0.5) is 0 Å². The van der Waals surface area contributed by atoms with E-state index in [4.69, 9.17) is 11.1 Å². The molecule has 0 bridgehead atoms. The van der Waals surface area contributed by atoms with E-state index < -0.39 is 0 Å². The Morgan fingerprint density at radius 3 is 2.06 bits per heavy atom. The Bertz CT molecular complexity index is 479. The molecule has 3 nitrogen and oxygen atoms in total. The van der Waals surface area contributed by atoms with Gasteiger partial charge in [0.15, 0.2) is 6.17 Å². The molecule has 1 unspecified atom stereocenters. The predicted octanol–water partition coefficient (Wildman–Crippen LogP) is -0.587. The van der Waals surface area contributed by atoms with E-state index in [9.17, 15) is 0 Å². The second kappa shape index (κ2) is 5.39. The summed E-state index contributed by atoms with van der Waals surface area (Å²) in [5, 5.41) is 7.89. The van der Waals surface area contributed by atoms with Gasteiger partial charge in [-0.25, -0.2) is 10.7 Å².